The van der Waals surface area contributed by atoms with Crippen LogP contribution in [0.5, 0.6) is 0 Å². The molecule has 0 aromatic carbocycles. The molecule has 4 nitrogen and oxygen atoms in total. The van der Waals surface area contributed by atoms with E-state index in [2.05, 4.69) is 17.0 Å². The van der Waals surface area contributed by atoms with Crippen LogP contribution in [0.2, 0.25) is 0 Å². The lowest BCUT2D eigenvalue weighted by Crippen LogP contribution is -2.39. The van der Waals surface area contributed by atoms with Gasteiger partial charge in [-0.25, -0.2) is 0 Å². The van der Waals surface area contributed by atoms with Gasteiger partial charge >= 0.3 is 5.97 Å². The largest absolute Gasteiger partial charge is 0.468 e. The van der Waals surface area contributed by atoms with Gasteiger partial charge in [0.25, 0.3) is 0 Å². The summed E-state index contributed by atoms with van der Waals surface area (Å²) in [5, 5.41) is 3.55. The Morgan fingerprint density at radius 3 is 3.06 bits per heavy atom. The number of esters is 1. The molecule has 1 fully saturated rings. The van der Waals surface area contributed by atoms with Crippen LogP contribution in [0.15, 0.2) is 0 Å². The van der Waals surface area contributed by atoms with Gasteiger partial charge in [-0.1, -0.05) is 6.92 Å². The molecule has 1 aliphatic rings. The third kappa shape index (κ3) is 5.75. The summed E-state index contributed by atoms with van der Waals surface area (Å²) in [4.78, 5) is 11.0. The Morgan fingerprint density at radius 2 is 2.47 bits per heavy atom. The summed E-state index contributed by atoms with van der Waals surface area (Å²) in [6, 6.07) is 0.451. The first-order valence-corrected chi connectivity index (χ1v) is 7.39. The number of rotatable bonds is 8. The normalized spacial score (nSPS) is 21.4. The van der Waals surface area contributed by atoms with Gasteiger partial charge in [0.15, 0.2) is 0 Å². The molecule has 2 unspecified atom stereocenters. The van der Waals surface area contributed by atoms with Crippen molar-refractivity contribution in [2.24, 2.45) is 5.92 Å². The Balaban J connectivity index is 2.26. The zero-order chi connectivity index (χ0) is 12.5. The molecule has 0 radical (unpaired) electrons. The molecule has 1 saturated heterocycles. The molecule has 1 rings (SSSR count). The van der Waals surface area contributed by atoms with E-state index < -0.39 is 0 Å². The predicted molar refractivity (Wildman–Crippen MR) is 70.3 cm³/mol. The average molecular weight is 261 g/mol. The average Bonchev–Trinajstić information content (AvgIpc) is 2.86. The van der Waals surface area contributed by atoms with E-state index in [-0.39, 0.29) is 5.97 Å². The molecular formula is C12H23NO3S. The number of carbonyl (C=O) groups is 1. The summed E-state index contributed by atoms with van der Waals surface area (Å²) in [7, 11) is 1.43. The monoisotopic (exact) mass is 261 g/mol. The van der Waals surface area contributed by atoms with Crippen LogP contribution in [-0.2, 0) is 14.3 Å². The third-order valence-electron chi connectivity index (χ3n) is 2.94. The van der Waals surface area contributed by atoms with Gasteiger partial charge in [0.2, 0.25) is 0 Å². The molecule has 0 aliphatic carbocycles. The molecule has 1 heterocycles. The van der Waals surface area contributed by atoms with Crippen LogP contribution in [0.4, 0.5) is 0 Å². The number of ether oxygens (including phenoxy) is 2. The molecule has 0 bridgehead atoms. The maximum Gasteiger partial charge on any atom is 0.315 e. The highest BCUT2D eigenvalue weighted by Crippen LogP contribution is 2.20. The predicted octanol–water partition coefficient (Wildman–Crippen LogP) is 1.30. The van der Waals surface area contributed by atoms with Gasteiger partial charge in [0.05, 0.1) is 19.5 Å². The Bertz CT molecular complexity index is 220. The first-order valence-electron chi connectivity index (χ1n) is 6.23. The Kier molecular flexibility index (Phi) is 7.64. The number of carbonyl (C=O) groups excluding carboxylic acids is 1. The first kappa shape index (κ1) is 14.8. The summed E-state index contributed by atoms with van der Waals surface area (Å²) < 4.78 is 10.1. The van der Waals surface area contributed by atoms with E-state index in [9.17, 15) is 4.79 Å². The van der Waals surface area contributed by atoms with Gasteiger partial charge in [0, 0.05) is 24.3 Å². The van der Waals surface area contributed by atoms with Gasteiger partial charge < -0.3 is 14.8 Å². The summed E-state index contributed by atoms with van der Waals surface area (Å²) in [6.07, 6.45) is 2.26. The Morgan fingerprint density at radius 1 is 1.65 bits per heavy atom. The zero-order valence-corrected chi connectivity index (χ0v) is 11.6. The van der Waals surface area contributed by atoms with Gasteiger partial charge in [-0.2, -0.15) is 0 Å². The highest BCUT2D eigenvalue weighted by molar-refractivity contribution is 7.99. The lowest BCUT2D eigenvalue weighted by atomic mass is 10.0. The van der Waals surface area contributed by atoms with Gasteiger partial charge in [0.1, 0.15) is 0 Å². The molecule has 1 N–H and O–H groups in total. The number of hydrogen-bond donors (Lipinski definition) is 1. The van der Waals surface area contributed by atoms with E-state index >= 15 is 0 Å². The molecule has 100 valence electrons. The number of thioether (sulfide) groups is 1. The van der Waals surface area contributed by atoms with Crippen LogP contribution >= 0.6 is 11.8 Å². The lowest BCUT2D eigenvalue weighted by Gasteiger charge is -2.23. The van der Waals surface area contributed by atoms with Crippen molar-refractivity contribution in [3.63, 3.8) is 0 Å². The van der Waals surface area contributed by atoms with Crippen molar-refractivity contribution in [1.82, 2.24) is 5.32 Å². The second-order valence-electron chi connectivity index (χ2n) is 4.28. The minimum atomic E-state index is -0.146. The second kappa shape index (κ2) is 8.78. The molecule has 2 atom stereocenters. The van der Waals surface area contributed by atoms with E-state index in [0.717, 1.165) is 38.4 Å². The SMILES string of the molecule is CCCNC(CSCC(=O)OC)C1CCOC1. The summed E-state index contributed by atoms with van der Waals surface area (Å²) in [6.45, 7) is 4.91. The van der Waals surface area contributed by atoms with Crippen LogP contribution in [-0.4, -0.2) is 50.4 Å². The number of hydrogen-bond acceptors (Lipinski definition) is 5. The van der Waals surface area contributed by atoms with Crippen molar-refractivity contribution >= 4 is 17.7 Å². The van der Waals surface area contributed by atoms with Gasteiger partial charge in [-0.05, 0) is 19.4 Å². The molecule has 0 aromatic heterocycles. The molecule has 0 amide bonds. The molecule has 17 heavy (non-hydrogen) atoms. The second-order valence-corrected chi connectivity index (χ2v) is 5.31. The highest BCUT2D eigenvalue weighted by Gasteiger charge is 2.25. The summed E-state index contributed by atoms with van der Waals surface area (Å²) >= 11 is 1.64. The van der Waals surface area contributed by atoms with Gasteiger partial charge in [-0.3, -0.25) is 4.79 Å². The Hall–Kier alpha value is -0.260. The number of nitrogens with one attached hydrogen (secondary N) is 1. The van der Waals surface area contributed by atoms with E-state index in [1.807, 2.05) is 0 Å². The van der Waals surface area contributed by atoms with E-state index in [0.29, 0.717) is 17.7 Å². The van der Waals surface area contributed by atoms with Crippen molar-refractivity contribution in [3.8, 4) is 0 Å². The Labute approximate surface area is 108 Å². The van der Waals surface area contributed by atoms with Crippen molar-refractivity contribution in [1.29, 1.82) is 0 Å². The fourth-order valence-corrected chi connectivity index (χ4v) is 2.94. The summed E-state index contributed by atoms with van der Waals surface area (Å²) in [5.41, 5.74) is 0. The molecule has 0 saturated carbocycles. The van der Waals surface area contributed by atoms with Crippen molar-refractivity contribution in [2.45, 2.75) is 25.8 Å². The molecule has 1 aliphatic heterocycles. The quantitative estimate of drug-likeness (QED) is 0.667. The van der Waals surface area contributed by atoms with E-state index in [1.54, 1.807) is 11.8 Å². The minimum absolute atomic E-state index is 0.146. The molecular weight excluding hydrogens is 238 g/mol. The van der Waals surface area contributed by atoms with Crippen LogP contribution in [0.3, 0.4) is 0 Å². The lowest BCUT2D eigenvalue weighted by molar-refractivity contribution is -0.137. The van der Waals surface area contributed by atoms with E-state index in [1.165, 1.54) is 7.11 Å². The fraction of sp³-hybridized carbons (Fsp3) is 0.917. The third-order valence-corrected chi connectivity index (χ3v) is 3.97. The van der Waals surface area contributed by atoms with Crippen LogP contribution < -0.4 is 5.32 Å². The maximum atomic E-state index is 11.0. The van der Waals surface area contributed by atoms with Crippen molar-refractivity contribution in [3.05, 3.63) is 0 Å². The van der Waals surface area contributed by atoms with Crippen molar-refractivity contribution in [2.75, 3.05) is 38.4 Å². The molecule has 0 spiro atoms. The van der Waals surface area contributed by atoms with Gasteiger partial charge in [-0.15, -0.1) is 11.8 Å². The molecule has 0 aromatic rings. The standard InChI is InChI=1S/C12H23NO3S/c1-3-5-13-11(10-4-6-16-7-10)8-17-9-12(14)15-2/h10-11,13H,3-9H2,1-2H3. The van der Waals surface area contributed by atoms with Crippen LogP contribution in [0, 0.1) is 5.92 Å². The van der Waals surface area contributed by atoms with Crippen LogP contribution in [0.1, 0.15) is 19.8 Å². The van der Waals surface area contributed by atoms with E-state index in [4.69, 9.17) is 4.74 Å². The minimum Gasteiger partial charge on any atom is -0.468 e. The maximum absolute atomic E-state index is 11.0. The topological polar surface area (TPSA) is 47.6 Å². The smallest absolute Gasteiger partial charge is 0.315 e. The molecule has 5 heteroatoms. The fourth-order valence-electron chi connectivity index (χ4n) is 1.89. The first-order chi connectivity index (χ1) is 8.27. The summed E-state index contributed by atoms with van der Waals surface area (Å²) in [5.74, 6) is 1.83. The van der Waals surface area contributed by atoms with Crippen LogP contribution in [0.25, 0.3) is 0 Å². The zero-order valence-electron chi connectivity index (χ0n) is 10.7. The van der Waals surface area contributed by atoms with Crippen molar-refractivity contribution < 1.29 is 14.3 Å². The highest BCUT2D eigenvalue weighted by atomic mass is 32.2. The number of methoxy groups -OCH3 is 1.